The minimum atomic E-state index is -3.51. The van der Waals surface area contributed by atoms with E-state index in [1.54, 1.807) is 24.3 Å². The lowest BCUT2D eigenvalue weighted by Gasteiger charge is -2.06. The average Bonchev–Trinajstić information content (AvgIpc) is 2.73. The molecule has 4 nitrogen and oxygen atoms in total. The normalized spacial score (nSPS) is 11.7. The fourth-order valence-corrected chi connectivity index (χ4v) is 4.17. The number of nitrogens with one attached hydrogen (secondary N) is 1. The zero-order valence-electron chi connectivity index (χ0n) is 9.55. The summed E-state index contributed by atoms with van der Waals surface area (Å²) in [6, 6.07) is 6.71. The first kappa shape index (κ1) is 13.7. The summed E-state index contributed by atoms with van der Waals surface area (Å²) in [7, 11) is -3.51. The summed E-state index contributed by atoms with van der Waals surface area (Å²) >= 11 is 4.67. The van der Waals surface area contributed by atoms with Crippen LogP contribution in [0, 0.1) is 6.92 Å². The van der Waals surface area contributed by atoms with Gasteiger partial charge < -0.3 is 0 Å². The highest BCUT2D eigenvalue weighted by molar-refractivity contribution is 9.10. The van der Waals surface area contributed by atoms with E-state index >= 15 is 0 Å². The van der Waals surface area contributed by atoms with E-state index in [0.29, 0.717) is 4.47 Å². The molecule has 96 valence electrons. The van der Waals surface area contributed by atoms with Crippen LogP contribution < -0.4 is 4.72 Å². The molecule has 1 N–H and O–H groups in total. The molecule has 0 amide bonds. The molecule has 0 aliphatic carbocycles. The van der Waals surface area contributed by atoms with Crippen molar-refractivity contribution in [3.63, 3.8) is 0 Å². The molecule has 18 heavy (non-hydrogen) atoms. The Balaban J connectivity index is 2.16. The SMILES string of the molecule is Cc1csc(CNS(=O)(=O)c2ccccc2Br)n1. The first-order chi connectivity index (χ1) is 8.49. The van der Waals surface area contributed by atoms with Crippen LogP contribution in [0.2, 0.25) is 0 Å². The maximum absolute atomic E-state index is 12.1. The van der Waals surface area contributed by atoms with Crippen LogP contribution in [0.15, 0.2) is 39.0 Å². The molecule has 0 saturated heterocycles. The number of thiazole rings is 1. The molecule has 1 heterocycles. The van der Waals surface area contributed by atoms with Crippen molar-refractivity contribution in [2.45, 2.75) is 18.4 Å². The van der Waals surface area contributed by atoms with E-state index in [9.17, 15) is 8.42 Å². The van der Waals surface area contributed by atoms with Crippen LogP contribution in [-0.4, -0.2) is 13.4 Å². The highest BCUT2D eigenvalue weighted by atomic mass is 79.9. The van der Waals surface area contributed by atoms with Gasteiger partial charge in [-0.05, 0) is 35.0 Å². The smallest absolute Gasteiger partial charge is 0.242 e. The molecule has 0 unspecified atom stereocenters. The number of benzene rings is 1. The summed E-state index contributed by atoms with van der Waals surface area (Å²) in [4.78, 5) is 4.44. The highest BCUT2D eigenvalue weighted by Crippen LogP contribution is 2.21. The number of hydrogen-bond acceptors (Lipinski definition) is 4. The number of sulfonamides is 1. The Morgan fingerprint density at radius 2 is 2.11 bits per heavy atom. The molecule has 0 aliphatic heterocycles. The summed E-state index contributed by atoms with van der Waals surface area (Å²) in [5.74, 6) is 0. The van der Waals surface area contributed by atoms with Gasteiger partial charge in [-0.2, -0.15) is 0 Å². The van der Waals surface area contributed by atoms with Crippen molar-refractivity contribution in [3.8, 4) is 0 Å². The van der Waals surface area contributed by atoms with Crippen LogP contribution in [0.5, 0.6) is 0 Å². The fourth-order valence-electron chi connectivity index (χ4n) is 1.38. The van der Waals surface area contributed by atoms with Gasteiger partial charge in [0.25, 0.3) is 0 Å². The summed E-state index contributed by atoms with van der Waals surface area (Å²) in [5.41, 5.74) is 0.898. The molecule has 0 atom stereocenters. The minimum Gasteiger partial charge on any atom is -0.245 e. The lowest BCUT2D eigenvalue weighted by atomic mass is 10.4. The predicted molar refractivity (Wildman–Crippen MR) is 75.0 cm³/mol. The third kappa shape index (κ3) is 3.17. The highest BCUT2D eigenvalue weighted by Gasteiger charge is 2.17. The topological polar surface area (TPSA) is 59.1 Å². The number of aryl methyl sites for hydroxylation is 1. The molecule has 2 aromatic rings. The number of nitrogens with zero attached hydrogens (tertiary/aromatic N) is 1. The van der Waals surface area contributed by atoms with E-state index in [1.807, 2.05) is 12.3 Å². The van der Waals surface area contributed by atoms with Gasteiger partial charge in [0, 0.05) is 15.5 Å². The third-order valence-corrected chi connectivity index (χ3v) is 5.59. The lowest BCUT2D eigenvalue weighted by Crippen LogP contribution is -2.23. The monoisotopic (exact) mass is 346 g/mol. The molecule has 0 radical (unpaired) electrons. The Labute approximate surface area is 118 Å². The minimum absolute atomic E-state index is 0.210. The van der Waals surface area contributed by atoms with Crippen molar-refractivity contribution in [2.24, 2.45) is 0 Å². The summed E-state index contributed by atoms with van der Waals surface area (Å²) in [6.07, 6.45) is 0. The van der Waals surface area contributed by atoms with Gasteiger partial charge in [-0.1, -0.05) is 12.1 Å². The zero-order chi connectivity index (χ0) is 13.2. The molecule has 0 bridgehead atoms. The lowest BCUT2D eigenvalue weighted by molar-refractivity contribution is 0.580. The van der Waals surface area contributed by atoms with Crippen LogP contribution >= 0.6 is 27.3 Å². The summed E-state index contributed by atoms with van der Waals surface area (Å²) < 4.78 is 27.2. The number of aromatic nitrogens is 1. The molecule has 1 aromatic carbocycles. The second kappa shape index (κ2) is 5.48. The van der Waals surface area contributed by atoms with Crippen molar-refractivity contribution in [3.05, 3.63) is 44.8 Å². The first-order valence-electron chi connectivity index (χ1n) is 5.14. The third-order valence-electron chi connectivity index (χ3n) is 2.21. The van der Waals surface area contributed by atoms with E-state index in [0.717, 1.165) is 10.7 Å². The maximum Gasteiger partial charge on any atom is 0.242 e. The van der Waals surface area contributed by atoms with E-state index in [1.165, 1.54) is 11.3 Å². The van der Waals surface area contributed by atoms with Crippen molar-refractivity contribution >= 4 is 37.3 Å². The fraction of sp³-hybridized carbons (Fsp3) is 0.182. The maximum atomic E-state index is 12.1. The number of hydrogen-bond donors (Lipinski definition) is 1. The predicted octanol–water partition coefficient (Wildman–Crippen LogP) is 2.69. The van der Waals surface area contributed by atoms with Gasteiger partial charge in [0.2, 0.25) is 10.0 Å². The van der Waals surface area contributed by atoms with E-state index in [4.69, 9.17) is 0 Å². The molecule has 2 rings (SSSR count). The Bertz CT molecular complexity index is 653. The zero-order valence-corrected chi connectivity index (χ0v) is 12.8. The molecule has 0 fully saturated rings. The van der Waals surface area contributed by atoms with E-state index in [-0.39, 0.29) is 11.4 Å². The second-order valence-corrected chi connectivity index (χ2v) is 7.17. The molecular formula is C11H11BrN2O2S2. The van der Waals surface area contributed by atoms with Crippen LogP contribution in [0.1, 0.15) is 10.7 Å². The second-order valence-electron chi connectivity index (χ2n) is 3.64. The van der Waals surface area contributed by atoms with Gasteiger partial charge in [0.05, 0.1) is 11.4 Å². The van der Waals surface area contributed by atoms with Crippen molar-refractivity contribution in [1.82, 2.24) is 9.71 Å². The van der Waals surface area contributed by atoms with Crippen LogP contribution in [0.4, 0.5) is 0 Å². The quantitative estimate of drug-likeness (QED) is 0.925. The molecule has 1 aromatic heterocycles. The van der Waals surface area contributed by atoms with Gasteiger partial charge >= 0.3 is 0 Å². The Morgan fingerprint density at radius 1 is 1.39 bits per heavy atom. The van der Waals surface area contributed by atoms with Gasteiger partial charge in [-0.3, -0.25) is 0 Å². The molecular weight excluding hydrogens is 336 g/mol. The molecule has 0 aliphatic rings. The van der Waals surface area contributed by atoms with E-state index < -0.39 is 10.0 Å². The van der Waals surface area contributed by atoms with E-state index in [2.05, 4.69) is 25.6 Å². The first-order valence-corrected chi connectivity index (χ1v) is 8.30. The standard InChI is InChI=1S/C11H11BrN2O2S2/c1-8-7-17-11(14-8)6-13-18(15,16)10-5-3-2-4-9(10)12/h2-5,7,13H,6H2,1H3. The van der Waals surface area contributed by atoms with Gasteiger partial charge in [0.1, 0.15) is 5.01 Å². The summed E-state index contributed by atoms with van der Waals surface area (Å²) in [6.45, 7) is 2.09. The van der Waals surface area contributed by atoms with Gasteiger partial charge in [0.15, 0.2) is 0 Å². The van der Waals surface area contributed by atoms with Gasteiger partial charge in [-0.15, -0.1) is 11.3 Å². The van der Waals surface area contributed by atoms with Crippen molar-refractivity contribution < 1.29 is 8.42 Å². The van der Waals surface area contributed by atoms with Crippen LogP contribution in [0.3, 0.4) is 0 Å². The van der Waals surface area contributed by atoms with Crippen LogP contribution in [-0.2, 0) is 16.6 Å². The molecule has 0 spiro atoms. The Morgan fingerprint density at radius 3 is 2.72 bits per heavy atom. The van der Waals surface area contributed by atoms with Crippen LogP contribution in [0.25, 0.3) is 0 Å². The average molecular weight is 347 g/mol. The molecule has 0 saturated carbocycles. The summed E-state index contributed by atoms with van der Waals surface area (Å²) in [5, 5.41) is 2.64. The Kier molecular flexibility index (Phi) is 4.16. The Hall–Kier alpha value is -0.760. The molecule has 7 heteroatoms. The number of rotatable bonds is 4. The van der Waals surface area contributed by atoms with Crippen molar-refractivity contribution in [1.29, 1.82) is 0 Å². The largest absolute Gasteiger partial charge is 0.245 e. The number of halogens is 1. The van der Waals surface area contributed by atoms with Gasteiger partial charge in [-0.25, -0.2) is 18.1 Å². The van der Waals surface area contributed by atoms with Crippen molar-refractivity contribution in [2.75, 3.05) is 0 Å².